The molecule has 7 rings (SSSR count). The molecule has 2 atom stereocenters. The topological polar surface area (TPSA) is 37.4 Å². The molecule has 0 spiro atoms. The van der Waals surface area contributed by atoms with E-state index >= 15 is 0 Å². The average molecular weight is 393 g/mol. The van der Waals surface area contributed by atoms with E-state index in [1.54, 1.807) is 0 Å². The maximum Gasteiger partial charge on any atom is 0.238 e. The lowest BCUT2D eigenvalue weighted by Crippen LogP contribution is -2.53. The van der Waals surface area contributed by atoms with E-state index in [9.17, 15) is 9.59 Å². The van der Waals surface area contributed by atoms with Crippen molar-refractivity contribution < 1.29 is 9.59 Å². The Morgan fingerprint density at radius 1 is 0.800 bits per heavy atom. The number of rotatable bonds is 2. The second-order valence-corrected chi connectivity index (χ2v) is 8.83. The minimum Gasteiger partial charge on any atom is -0.274 e. The van der Waals surface area contributed by atoms with Crippen LogP contribution in [0.15, 0.2) is 72.8 Å². The van der Waals surface area contributed by atoms with E-state index in [1.165, 1.54) is 27.2 Å². The summed E-state index contributed by atoms with van der Waals surface area (Å²) in [7, 11) is 0. The summed E-state index contributed by atoms with van der Waals surface area (Å²) in [5.74, 6) is -0.872. The molecule has 1 fully saturated rings. The number of nitrogens with zero attached hydrogens (tertiary/aromatic N) is 1. The molecule has 3 heteroatoms. The highest BCUT2D eigenvalue weighted by molar-refractivity contribution is 6.23. The van der Waals surface area contributed by atoms with Crippen LogP contribution < -0.4 is 4.90 Å². The Kier molecular flexibility index (Phi) is 3.48. The summed E-state index contributed by atoms with van der Waals surface area (Å²) in [6, 6.07) is 24.6. The second kappa shape index (κ2) is 5.91. The van der Waals surface area contributed by atoms with Gasteiger partial charge in [0.25, 0.3) is 0 Å². The van der Waals surface area contributed by atoms with Gasteiger partial charge in [0.2, 0.25) is 11.8 Å². The third kappa shape index (κ3) is 1.91. The minimum absolute atomic E-state index is 0.0512. The number of anilines is 1. The maximum atomic E-state index is 13.9. The first-order valence-corrected chi connectivity index (χ1v) is 10.7. The molecule has 30 heavy (non-hydrogen) atoms. The fraction of sp³-hybridized carbons (Fsp3) is 0.259. The molecule has 148 valence electrons. The number of imide groups is 1. The van der Waals surface area contributed by atoms with Crippen LogP contribution in [0.3, 0.4) is 0 Å². The second-order valence-electron chi connectivity index (χ2n) is 8.83. The van der Waals surface area contributed by atoms with Gasteiger partial charge in [0.05, 0.1) is 17.5 Å². The lowest BCUT2D eigenvalue weighted by Gasteiger charge is -2.54. The molecule has 3 aromatic rings. The van der Waals surface area contributed by atoms with Gasteiger partial charge in [-0.25, -0.2) is 4.90 Å². The zero-order valence-corrected chi connectivity index (χ0v) is 17.1. The number of aryl methyl sites for hydroxylation is 1. The zero-order valence-electron chi connectivity index (χ0n) is 17.1. The van der Waals surface area contributed by atoms with Crippen molar-refractivity contribution in [2.75, 3.05) is 4.90 Å². The summed E-state index contributed by atoms with van der Waals surface area (Å²) < 4.78 is 0. The highest BCUT2D eigenvalue weighted by Gasteiger charge is 2.67. The lowest BCUT2D eigenvalue weighted by atomic mass is 9.46. The fourth-order valence-electron chi connectivity index (χ4n) is 6.48. The monoisotopic (exact) mass is 393 g/mol. The summed E-state index contributed by atoms with van der Waals surface area (Å²) >= 11 is 0. The van der Waals surface area contributed by atoms with Gasteiger partial charge in [0.1, 0.15) is 0 Å². The first-order chi connectivity index (χ1) is 14.6. The Bertz CT molecular complexity index is 1160. The fourth-order valence-corrected chi connectivity index (χ4v) is 6.48. The van der Waals surface area contributed by atoms with E-state index in [-0.39, 0.29) is 29.6 Å². The number of hydrogen-bond donors (Lipinski definition) is 0. The Morgan fingerprint density at radius 3 is 1.93 bits per heavy atom. The van der Waals surface area contributed by atoms with Crippen molar-refractivity contribution in [3.8, 4) is 0 Å². The molecule has 1 heterocycles. The standard InChI is InChI=1S/C27H23NO2/c1-3-27-20-10-6-4-8-18(20)22(19-9-5-7-11-21(19)27)23-24(27)26(30)28(25(23)29)17-14-12-16(2)13-15-17/h4-15,22-24H,3H2,1-2H3/t22?,23-,24+,27?/m0/s1. The van der Waals surface area contributed by atoms with Crippen LogP contribution in [0.5, 0.6) is 0 Å². The molecule has 3 nitrogen and oxygen atoms in total. The molecular formula is C27H23NO2. The van der Waals surface area contributed by atoms with Crippen LogP contribution in [0.2, 0.25) is 0 Å². The van der Waals surface area contributed by atoms with Gasteiger partial charge < -0.3 is 0 Å². The predicted octanol–water partition coefficient (Wildman–Crippen LogP) is 4.96. The molecular weight excluding hydrogens is 370 g/mol. The highest BCUT2D eigenvalue weighted by atomic mass is 16.2. The lowest BCUT2D eigenvalue weighted by molar-refractivity contribution is -0.123. The molecule has 0 N–H and O–H groups in total. The summed E-state index contributed by atoms with van der Waals surface area (Å²) in [6.07, 6.45) is 0.787. The van der Waals surface area contributed by atoms with Gasteiger partial charge in [-0.15, -0.1) is 0 Å². The summed E-state index contributed by atoms with van der Waals surface area (Å²) in [5.41, 5.74) is 6.22. The molecule has 0 unspecified atom stereocenters. The predicted molar refractivity (Wildman–Crippen MR) is 116 cm³/mol. The zero-order chi connectivity index (χ0) is 20.6. The quantitative estimate of drug-likeness (QED) is 0.578. The van der Waals surface area contributed by atoms with Gasteiger partial charge >= 0.3 is 0 Å². The molecule has 0 aromatic heterocycles. The van der Waals surface area contributed by atoms with Gasteiger partial charge in [-0.3, -0.25) is 9.59 Å². The number of hydrogen-bond acceptors (Lipinski definition) is 2. The third-order valence-electron chi connectivity index (χ3n) is 7.64. The van der Waals surface area contributed by atoms with Crippen molar-refractivity contribution in [2.45, 2.75) is 31.6 Å². The number of carbonyl (C=O) groups excluding carboxylic acids is 2. The normalized spacial score (nSPS) is 28.3. The number of carbonyl (C=O) groups is 2. The molecule has 4 aliphatic rings. The Labute approximate surface area is 176 Å². The van der Waals surface area contributed by atoms with E-state index in [0.29, 0.717) is 5.69 Å². The van der Waals surface area contributed by atoms with Crippen molar-refractivity contribution >= 4 is 17.5 Å². The number of amides is 2. The summed E-state index contributed by atoms with van der Waals surface area (Å²) in [5, 5.41) is 0. The van der Waals surface area contributed by atoms with E-state index in [4.69, 9.17) is 0 Å². The van der Waals surface area contributed by atoms with Gasteiger partial charge in [0, 0.05) is 11.3 Å². The maximum absolute atomic E-state index is 13.9. The van der Waals surface area contributed by atoms with E-state index in [1.807, 2.05) is 31.2 Å². The van der Waals surface area contributed by atoms with Crippen molar-refractivity contribution in [3.05, 3.63) is 101 Å². The molecule has 1 saturated heterocycles. The van der Waals surface area contributed by atoms with E-state index in [2.05, 4.69) is 55.5 Å². The van der Waals surface area contributed by atoms with E-state index in [0.717, 1.165) is 12.0 Å². The first kappa shape index (κ1) is 17.6. The molecule has 2 bridgehead atoms. The van der Waals surface area contributed by atoms with Gasteiger partial charge in [-0.05, 0) is 47.7 Å². The summed E-state index contributed by atoms with van der Waals surface area (Å²) in [4.78, 5) is 29.2. The Morgan fingerprint density at radius 2 is 1.37 bits per heavy atom. The van der Waals surface area contributed by atoms with Gasteiger partial charge in [-0.1, -0.05) is 73.2 Å². The largest absolute Gasteiger partial charge is 0.274 e. The SMILES string of the molecule is CCC12c3ccccc3C(c3ccccc31)[C@@H]1C(=O)N(c3ccc(C)cc3)C(=O)[C@@H]12. The van der Waals surface area contributed by atoms with Gasteiger partial charge in [0.15, 0.2) is 0 Å². The van der Waals surface area contributed by atoms with Gasteiger partial charge in [-0.2, -0.15) is 0 Å². The summed E-state index contributed by atoms with van der Waals surface area (Å²) in [6.45, 7) is 4.17. The molecule has 0 saturated carbocycles. The average Bonchev–Trinajstić information content (AvgIpc) is 3.05. The minimum atomic E-state index is -0.460. The Hall–Kier alpha value is -3.20. The Balaban J connectivity index is 1.63. The highest BCUT2D eigenvalue weighted by Crippen LogP contribution is 2.65. The van der Waals surface area contributed by atoms with Crippen molar-refractivity contribution in [3.63, 3.8) is 0 Å². The molecule has 3 aliphatic carbocycles. The molecule has 1 aliphatic heterocycles. The van der Waals surface area contributed by atoms with Crippen LogP contribution in [-0.4, -0.2) is 11.8 Å². The van der Waals surface area contributed by atoms with Crippen molar-refractivity contribution in [2.24, 2.45) is 11.8 Å². The first-order valence-electron chi connectivity index (χ1n) is 10.7. The molecule has 2 amide bonds. The van der Waals surface area contributed by atoms with Crippen LogP contribution >= 0.6 is 0 Å². The van der Waals surface area contributed by atoms with Crippen LogP contribution in [-0.2, 0) is 15.0 Å². The van der Waals surface area contributed by atoms with Crippen LogP contribution in [0.25, 0.3) is 0 Å². The van der Waals surface area contributed by atoms with Crippen molar-refractivity contribution in [1.82, 2.24) is 0 Å². The van der Waals surface area contributed by atoms with Crippen LogP contribution in [0.4, 0.5) is 5.69 Å². The van der Waals surface area contributed by atoms with Crippen LogP contribution in [0.1, 0.15) is 47.1 Å². The number of benzene rings is 3. The van der Waals surface area contributed by atoms with Crippen molar-refractivity contribution in [1.29, 1.82) is 0 Å². The smallest absolute Gasteiger partial charge is 0.238 e. The van der Waals surface area contributed by atoms with Crippen LogP contribution in [0, 0.1) is 18.8 Å². The third-order valence-corrected chi connectivity index (χ3v) is 7.64. The molecule has 3 aromatic carbocycles. The van der Waals surface area contributed by atoms with E-state index < -0.39 is 5.41 Å². The molecule has 0 radical (unpaired) electrons.